The smallest absolute Gasteiger partial charge is 0.317 e. The van der Waals surface area contributed by atoms with Crippen molar-refractivity contribution in [3.8, 4) is 0 Å². The average molecular weight is 411 g/mol. The predicted molar refractivity (Wildman–Crippen MR) is 119 cm³/mol. The number of urea groups is 1. The molecule has 1 aromatic carbocycles. The summed E-state index contributed by atoms with van der Waals surface area (Å²) in [7, 11) is 0. The number of aromatic nitrogens is 1. The van der Waals surface area contributed by atoms with Gasteiger partial charge in [-0.25, -0.2) is 4.79 Å². The van der Waals surface area contributed by atoms with Crippen LogP contribution < -0.4 is 5.32 Å². The summed E-state index contributed by atoms with van der Waals surface area (Å²) in [4.78, 5) is 29.7. The van der Waals surface area contributed by atoms with Crippen molar-refractivity contribution in [2.24, 2.45) is 5.92 Å². The summed E-state index contributed by atoms with van der Waals surface area (Å²) >= 11 is 0. The van der Waals surface area contributed by atoms with Crippen molar-refractivity contribution in [2.75, 3.05) is 26.2 Å². The minimum Gasteiger partial charge on any atom is -0.348 e. The third-order valence-corrected chi connectivity index (χ3v) is 5.57. The van der Waals surface area contributed by atoms with E-state index in [1.54, 1.807) is 4.90 Å². The normalized spacial score (nSPS) is 15.8. The van der Waals surface area contributed by atoms with Gasteiger partial charge in [-0.05, 0) is 42.5 Å². The number of carbonyl (C=O) groups is 2. The first-order chi connectivity index (χ1) is 14.4. The van der Waals surface area contributed by atoms with Gasteiger partial charge in [0, 0.05) is 38.1 Å². The molecule has 6 heteroatoms. The van der Waals surface area contributed by atoms with Gasteiger partial charge in [-0.15, -0.1) is 0 Å². The van der Waals surface area contributed by atoms with Gasteiger partial charge in [0.25, 0.3) is 0 Å². The number of amides is 3. The van der Waals surface area contributed by atoms with Crippen molar-refractivity contribution in [3.05, 3.63) is 59.4 Å². The van der Waals surface area contributed by atoms with Crippen LogP contribution in [0.15, 0.2) is 42.6 Å². The van der Waals surface area contributed by atoms with Crippen LogP contribution in [0, 0.1) is 12.8 Å². The number of fused-ring (bicyclic) bond motifs is 1. The molecule has 6 nitrogen and oxygen atoms in total. The maximum atomic E-state index is 13.5. The summed E-state index contributed by atoms with van der Waals surface area (Å²) in [6.07, 6.45) is 2.94. The summed E-state index contributed by atoms with van der Waals surface area (Å²) in [5.74, 6) is 0.277. The lowest BCUT2D eigenvalue weighted by Crippen LogP contribution is -2.50. The van der Waals surface area contributed by atoms with Gasteiger partial charge in [-0.1, -0.05) is 45.0 Å². The van der Waals surface area contributed by atoms with Gasteiger partial charge >= 0.3 is 6.03 Å². The largest absolute Gasteiger partial charge is 0.348 e. The van der Waals surface area contributed by atoms with Crippen molar-refractivity contribution in [1.82, 2.24) is 19.7 Å². The highest BCUT2D eigenvalue weighted by molar-refractivity contribution is 5.84. The molecule has 1 aromatic heterocycles. The molecule has 1 atom stereocenters. The highest BCUT2D eigenvalue weighted by Crippen LogP contribution is 2.34. The van der Waals surface area contributed by atoms with Gasteiger partial charge in [0.05, 0.1) is 6.04 Å². The number of benzene rings is 1. The van der Waals surface area contributed by atoms with E-state index in [2.05, 4.69) is 55.1 Å². The Labute approximate surface area is 179 Å². The Balaban J connectivity index is 1.87. The molecule has 1 N–H and O–H groups in total. The number of aryl methyl sites for hydroxylation is 1. The second kappa shape index (κ2) is 9.83. The van der Waals surface area contributed by atoms with E-state index in [0.29, 0.717) is 19.6 Å². The van der Waals surface area contributed by atoms with Crippen LogP contribution in [0.5, 0.6) is 0 Å². The van der Waals surface area contributed by atoms with Gasteiger partial charge in [0.1, 0.15) is 6.54 Å². The Hall–Kier alpha value is -2.76. The minimum absolute atomic E-state index is 0.0111. The van der Waals surface area contributed by atoms with Crippen LogP contribution in [0.2, 0.25) is 0 Å². The standard InChI is InChI=1S/C24H34N4O2/c1-5-12-25-24(30)27(16-18(2)3)17-22(29)28-15-14-26-13-8-11-21(26)23(28)20-10-7-6-9-19(20)4/h6-11,13,18,23H,5,12,14-17H2,1-4H3,(H,25,30)/t23-/m0/s1. The summed E-state index contributed by atoms with van der Waals surface area (Å²) in [5.41, 5.74) is 3.42. The Morgan fingerprint density at radius 3 is 2.63 bits per heavy atom. The van der Waals surface area contributed by atoms with E-state index in [0.717, 1.165) is 29.8 Å². The zero-order valence-corrected chi connectivity index (χ0v) is 18.6. The number of nitrogens with one attached hydrogen (secondary N) is 1. The van der Waals surface area contributed by atoms with Gasteiger partial charge in [-0.3, -0.25) is 4.79 Å². The van der Waals surface area contributed by atoms with Crippen LogP contribution in [0.1, 0.15) is 50.1 Å². The van der Waals surface area contributed by atoms with Crippen molar-refractivity contribution in [2.45, 2.75) is 46.7 Å². The first-order valence-electron chi connectivity index (χ1n) is 10.9. The van der Waals surface area contributed by atoms with E-state index < -0.39 is 0 Å². The molecule has 1 aliphatic rings. The van der Waals surface area contributed by atoms with E-state index in [1.165, 1.54) is 0 Å². The molecular formula is C24H34N4O2. The van der Waals surface area contributed by atoms with E-state index in [1.807, 2.05) is 30.0 Å². The Kier molecular flexibility index (Phi) is 7.19. The molecule has 0 bridgehead atoms. The second-order valence-electron chi connectivity index (χ2n) is 8.48. The number of hydrogen-bond donors (Lipinski definition) is 1. The maximum Gasteiger partial charge on any atom is 0.317 e. The quantitative estimate of drug-likeness (QED) is 0.755. The average Bonchev–Trinajstić information content (AvgIpc) is 3.19. The lowest BCUT2D eigenvalue weighted by atomic mass is 9.95. The van der Waals surface area contributed by atoms with E-state index in [4.69, 9.17) is 0 Å². The summed E-state index contributed by atoms with van der Waals surface area (Å²) in [6.45, 7) is 10.9. The molecule has 0 aliphatic carbocycles. The third kappa shape index (κ3) is 4.86. The van der Waals surface area contributed by atoms with Crippen LogP contribution in [-0.4, -0.2) is 52.5 Å². The van der Waals surface area contributed by atoms with Crippen LogP contribution in [0.25, 0.3) is 0 Å². The highest BCUT2D eigenvalue weighted by Gasteiger charge is 2.34. The molecule has 2 aromatic rings. The monoisotopic (exact) mass is 410 g/mol. The van der Waals surface area contributed by atoms with Gasteiger partial charge in [-0.2, -0.15) is 0 Å². The van der Waals surface area contributed by atoms with E-state index >= 15 is 0 Å². The summed E-state index contributed by atoms with van der Waals surface area (Å²) in [5, 5.41) is 2.92. The lowest BCUT2D eigenvalue weighted by molar-refractivity contribution is -0.134. The molecule has 1 aliphatic heterocycles. The third-order valence-electron chi connectivity index (χ3n) is 5.57. The van der Waals surface area contributed by atoms with Gasteiger partial charge in [0.15, 0.2) is 0 Å². The fourth-order valence-electron chi connectivity index (χ4n) is 4.13. The van der Waals surface area contributed by atoms with Crippen molar-refractivity contribution in [1.29, 1.82) is 0 Å². The molecule has 0 unspecified atom stereocenters. The molecule has 0 spiro atoms. The van der Waals surface area contributed by atoms with Gasteiger partial charge in [0.2, 0.25) is 5.91 Å². The minimum atomic E-state index is -0.160. The number of nitrogens with zero attached hydrogens (tertiary/aromatic N) is 3. The van der Waals surface area contributed by atoms with Crippen molar-refractivity contribution in [3.63, 3.8) is 0 Å². The Morgan fingerprint density at radius 2 is 1.93 bits per heavy atom. The van der Waals surface area contributed by atoms with Crippen molar-refractivity contribution < 1.29 is 9.59 Å². The summed E-state index contributed by atoms with van der Waals surface area (Å²) < 4.78 is 2.22. The molecule has 30 heavy (non-hydrogen) atoms. The first kappa shape index (κ1) is 21.9. The summed E-state index contributed by atoms with van der Waals surface area (Å²) in [6, 6.07) is 12.1. The molecule has 0 radical (unpaired) electrons. The molecule has 0 saturated heterocycles. The molecular weight excluding hydrogens is 376 g/mol. The van der Waals surface area contributed by atoms with E-state index in [-0.39, 0.29) is 30.4 Å². The molecule has 0 fully saturated rings. The Morgan fingerprint density at radius 1 is 1.17 bits per heavy atom. The molecule has 0 saturated carbocycles. The lowest BCUT2D eigenvalue weighted by Gasteiger charge is -2.39. The highest BCUT2D eigenvalue weighted by atomic mass is 16.2. The molecule has 162 valence electrons. The van der Waals surface area contributed by atoms with Crippen LogP contribution >= 0.6 is 0 Å². The second-order valence-corrected chi connectivity index (χ2v) is 8.48. The zero-order chi connectivity index (χ0) is 21.7. The van der Waals surface area contributed by atoms with Gasteiger partial charge < -0.3 is 19.7 Å². The first-order valence-corrected chi connectivity index (χ1v) is 10.9. The number of hydrogen-bond acceptors (Lipinski definition) is 2. The molecule has 3 amide bonds. The topological polar surface area (TPSA) is 57.6 Å². The van der Waals surface area contributed by atoms with Crippen LogP contribution in [0.3, 0.4) is 0 Å². The molecule has 3 rings (SSSR count). The predicted octanol–water partition coefficient (Wildman–Crippen LogP) is 3.81. The Bertz CT molecular complexity index is 874. The number of rotatable bonds is 7. The fraction of sp³-hybridized carbons (Fsp3) is 0.500. The van der Waals surface area contributed by atoms with Crippen molar-refractivity contribution >= 4 is 11.9 Å². The maximum absolute atomic E-state index is 13.5. The SMILES string of the molecule is CCCNC(=O)N(CC(=O)N1CCn2cccc2[C@@H]1c1ccccc1C)CC(C)C. The van der Waals surface area contributed by atoms with Crippen LogP contribution in [0.4, 0.5) is 4.79 Å². The van der Waals surface area contributed by atoms with E-state index in [9.17, 15) is 9.59 Å². The number of carbonyl (C=O) groups excluding carboxylic acids is 2. The fourth-order valence-corrected chi connectivity index (χ4v) is 4.13. The molecule has 2 heterocycles. The van der Waals surface area contributed by atoms with Crippen LogP contribution in [-0.2, 0) is 11.3 Å². The zero-order valence-electron chi connectivity index (χ0n) is 18.6.